The van der Waals surface area contributed by atoms with Crippen LogP contribution in [0.3, 0.4) is 0 Å². The Morgan fingerprint density at radius 1 is 1.17 bits per heavy atom. The van der Waals surface area contributed by atoms with E-state index in [4.69, 9.17) is 6.42 Å². The maximum Gasteiger partial charge on any atom is 0.237 e. The molecule has 2 amide bonds. The molecule has 2 aliphatic rings. The minimum absolute atomic E-state index is 0.0207. The van der Waals surface area contributed by atoms with E-state index in [2.05, 4.69) is 21.5 Å². The predicted octanol–water partition coefficient (Wildman–Crippen LogP) is 1.29. The van der Waals surface area contributed by atoms with E-state index in [1.165, 1.54) is 19.3 Å². The van der Waals surface area contributed by atoms with Crippen molar-refractivity contribution in [2.24, 2.45) is 5.92 Å². The Kier molecular flexibility index (Phi) is 6.91. The van der Waals surface area contributed by atoms with Gasteiger partial charge in [-0.05, 0) is 32.6 Å². The SMILES string of the molecule is C#CCNC(=O)C(C)N1CCC(NC(=O)C2CCCCC2)CC1. The Labute approximate surface area is 139 Å². The number of rotatable bonds is 5. The van der Waals surface area contributed by atoms with Crippen molar-refractivity contribution in [1.29, 1.82) is 0 Å². The maximum absolute atomic E-state index is 12.3. The summed E-state index contributed by atoms with van der Waals surface area (Å²) in [4.78, 5) is 26.4. The number of nitrogens with one attached hydrogen (secondary N) is 2. The molecule has 2 N–H and O–H groups in total. The minimum Gasteiger partial charge on any atom is -0.353 e. The van der Waals surface area contributed by atoms with E-state index >= 15 is 0 Å². The fraction of sp³-hybridized carbons (Fsp3) is 0.778. The fourth-order valence-electron chi connectivity index (χ4n) is 3.57. The molecule has 1 aliphatic heterocycles. The molecule has 5 nitrogen and oxygen atoms in total. The van der Waals surface area contributed by atoms with E-state index in [1.54, 1.807) is 0 Å². The summed E-state index contributed by atoms with van der Waals surface area (Å²) >= 11 is 0. The number of hydrogen-bond donors (Lipinski definition) is 2. The summed E-state index contributed by atoms with van der Waals surface area (Å²) in [6.07, 6.45) is 12.7. The van der Waals surface area contributed by atoms with Gasteiger partial charge >= 0.3 is 0 Å². The van der Waals surface area contributed by atoms with Crippen molar-refractivity contribution >= 4 is 11.8 Å². The van der Waals surface area contributed by atoms with Gasteiger partial charge in [-0.2, -0.15) is 0 Å². The standard InChI is InChI=1S/C18H29N3O2/c1-3-11-19-17(22)14(2)21-12-9-16(10-13-21)20-18(23)15-7-5-4-6-8-15/h1,14-16H,4-13H2,2H3,(H,19,22)(H,20,23). The summed E-state index contributed by atoms with van der Waals surface area (Å²) in [5.41, 5.74) is 0. The zero-order valence-electron chi connectivity index (χ0n) is 14.1. The van der Waals surface area contributed by atoms with Crippen LogP contribution >= 0.6 is 0 Å². The van der Waals surface area contributed by atoms with Crippen LogP contribution in [-0.4, -0.2) is 48.4 Å². The van der Waals surface area contributed by atoms with Gasteiger partial charge in [0.1, 0.15) is 0 Å². The summed E-state index contributed by atoms with van der Waals surface area (Å²) in [5, 5.41) is 5.95. The number of hydrogen-bond acceptors (Lipinski definition) is 3. The highest BCUT2D eigenvalue weighted by Crippen LogP contribution is 2.24. The summed E-state index contributed by atoms with van der Waals surface area (Å²) < 4.78 is 0. The average Bonchev–Trinajstić information content (AvgIpc) is 2.60. The molecule has 2 rings (SSSR count). The van der Waals surface area contributed by atoms with Crippen LogP contribution in [0.2, 0.25) is 0 Å². The number of terminal acetylenes is 1. The lowest BCUT2D eigenvalue weighted by atomic mass is 9.88. The molecule has 0 bridgehead atoms. The number of nitrogens with zero attached hydrogens (tertiary/aromatic N) is 1. The van der Waals surface area contributed by atoms with Crippen LogP contribution in [0.5, 0.6) is 0 Å². The molecule has 1 saturated carbocycles. The molecule has 0 aromatic carbocycles. The van der Waals surface area contributed by atoms with Gasteiger partial charge in [0.2, 0.25) is 11.8 Å². The molecule has 23 heavy (non-hydrogen) atoms. The van der Waals surface area contributed by atoms with E-state index in [9.17, 15) is 9.59 Å². The first-order chi connectivity index (χ1) is 11.1. The van der Waals surface area contributed by atoms with Crippen LogP contribution in [0.1, 0.15) is 51.9 Å². The normalized spacial score (nSPS) is 22.1. The summed E-state index contributed by atoms with van der Waals surface area (Å²) in [6.45, 7) is 3.85. The van der Waals surface area contributed by atoms with Crippen molar-refractivity contribution in [1.82, 2.24) is 15.5 Å². The fourth-order valence-corrected chi connectivity index (χ4v) is 3.57. The lowest BCUT2D eigenvalue weighted by molar-refractivity contribution is -0.128. The average molecular weight is 319 g/mol. The maximum atomic E-state index is 12.3. The Morgan fingerprint density at radius 3 is 2.43 bits per heavy atom. The third kappa shape index (κ3) is 5.24. The molecule has 0 aromatic heterocycles. The number of piperidine rings is 1. The van der Waals surface area contributed by atoms with Gasteiger partial charge in [0.25, 0.3) is 0 Å². The van der Waals surface area contributed by atoms with Gasteiger partial charge in [-0.25, -0.2) is 0 Å². The molecule has 0 spiro atoms. The van der Waals surface area contributed by atoms with Crippen molar-refractivity contribution in [3.63, 3.8) is 0 Å². The number of carbonyl (C=O) groups excluding carboxylic acids is 2. The lowest BCUT2D eigenvalue weighted by Gasteiger charge is -2.36. The smallest absolute Gasteiger partial charge is 0.237 e. The van der Waals surface area contributed by atoms with Crippen LogP contribution < -0.4 is 10.6 Å². The second-order valence-electron chi connectivity index (χ2n) is 6.75. The van der Waals surface area contributed by atoms with Gasteiger partial charge in [0.15, 0.2) is 0 Å². The van der Waals surface area contributed by atoms with Crippen molar-refractivity contribution in [2.75, 3.05) is 19.6 Å². The van der Waals surface area contributed by atoms with E-state index < -0.39 is 0 Å². The molecule has 0 radical (unpaired) electrons. The molecule has 1 saturated heterocycles. The molecule has 2 fully saturated rings. The largest absolute Gasteiger partial charge is 0.353 e. The molecule has 1 unspecified atom stereocenters. The number of likely N-dealkylation sites (tertiary alicyclic amines) is 1. The summed E-state index contributed by atoms with van der Waals surface area (Å²) in [7, 11) is 0. The second-order valence-corrected chi connectivity index (χ2v) is 6.75. The Hall–Kier alpha value is -1.54. The number of amides is 2. The third-order valence-corrected chi connectivity index (χ3v) is 5.14. The highest BCUT2D eigenvalue weighted by molar-refractivity contribution is 5.81. The van der Waals surface area contributed by atoms with Gasteiger partial charge in [0.05, 0.1) is 12.6 Å². The van der Waals surface area contributed by atoms with E-state index in [-0.39, 0.29) is 36.4 Å². The zero-order valence-corrected chi connectivity index (χ0v) is 14.1. The topological polar surface area (TPSA) is 61.4 Å². The van der Waals surface area contributed by atoms with Gasteiger partial charge in [-0.3, -0.25) is 14.5 Å². The second kappa shape index (κ2) is 8.93. The Morgan fingerprint density at radius 2 is 1.83 bits per heavy atom. The lowest BCUT2D eigenvalue weighted by Crippen LogP contribution is -2.52. The van der Waals surface area contributed by atoms with Crippen molar-refractivity contribution in [2.45, 2.75) is 64.0 Å². The first-order valence-corrected chi connectivity index (χ1v) is 8.87. The van der Waals surface area contributed by atoms with Crippen molar-refractivity contribution < 1.29 is 9.59 Å². The molecule has 5 heteroatoms. The molecular weight excluding hydrogens is 290 g/mol. The molecular formula is C18H29N3O2. The van der Waals surface area contributed by atoms with E-state index in [1.807, 2.05) is 6.92 Å². The molecule has 1 atom stereocenters. The number of carbonyl (C=O) groups is 2. The van der Waals surface area contributed by atoms with Crippen LogP contribution in [0.15, 0.2) is 0 Å². The summed E-state index contributed by atoms with van der Waals surface area (Å²) in [6, 6.07) is 0.0833. The molecule has 1 heterocycles. The van der Waals surface area contributed by atoms with Crippen LogP contribution in [0.4, 0.5) is 0 Å². The minimum atomic E-state index is -0.168. The first kappa shape index (κ1) is 17.8. The molecule has 128 valence electrons. The van der Waals surface area contributed by atoms with E-state index in [0.717, 1.165) is 38.8 Å². The van der Waals surface area contributed by atoms with Crippen molar-refractivity contribution in [3.05, 3.63) is 0 Å². The predicted molar refractivity (Wildman–Crippen MR) is 90.6 cm³/mol. The Bertz CT molecular complexity index is 444. The summed E-state index contributed by atoms with van der Waals surface area (Å²) in [5.74, 6) is 2.85. The third-order valence-electron chi connectivity index (χ3n) is 5.14. The zero-order chi connectivity index (χ0) is 16.7. The first-order valence-electron chi connectivity index (χ1n) is 8.87. The van der Waals surface area contributed by atoms with Gasteiger partial charge in [-0.15, -0.1) is 6.42 Å². The van der Waals surface area contributed by atoms with Crippen molar-refractivity contribution in [3.8, 4) is 12.3 Å². The van der Waals surface area contributed by atoms with E-state index in [0.29, 0.717) is 0 Å². The Balaban J connectivity index is 1.72. The van der Waals surface area contributed by atoms with Crippen LogP contribution in [0, 0.1) is 18.3 Å². The van der Waals surface area contributed by atoms with Gasteiger partial charge < -0.3 is 10.6 Å². The van der Waals surface area contributed by atoms with Gasteiger partial charge in [0, 0.05) is 25.0 Å². The highest BCUT2D eigenvalue weighted by Gasteiger charge is 2.29. The quantitative estimate of drug-likeness (QED) is 0.751. The van der Waals surface area contributed by atoms with Gasteiger partial charge in [-0.1, -0.05) is 25.2 Å². The van der Waals surface area contributed by atoms with Crippen LogP contribution in [0.25, 0.3) is 0 Å². The monoisotopic (exact) mass is 319 g/mol. The van der Waals surface area contributed by atoms with Crippen LogP contribution in [-0.2, 0) is 9.59 Å². The molecule has 1 aliphatic carbocycles. The highest BCUT2D eigenvalue weighted by atomic mass is 16.2. The molecule has 0 aromatic rings.